The highest BCUT2D eigenvalue weighted by Crippen LogP contribution is 2.22. The first kappa shape index (κ1) is 10.5. The van der Waals surface area contributed by atoms with E-state index in [1.54, 1.807) is 7.11 Å². The Bertz CT molecular complexity index is 348. The smallest absolute Gasteiger partial charge is 0.119 e. The summed E-state index contributed by atoms with van der Waals surface area (Å²) >= 11 is 0. The van der Waals surface area contributed by atoms with Crippen molar-refractivity contribution >= 4 is 0 Å². The van der Waals surface area contributed by atoms with Gasteiger partial charge in [-0.3, -0.25) is 0 Å². The number of hydrogen-bond donors (Lipinski definition) is 1. The largest absolute Gasteiger partial charge is 0.497 e. The van der Waals surface area contributed by atoms with Crippen LogP contribution >= 0.6 is 0 Å². The van der Waals surface area contributed by atoms with E-state index in [0.717, 1.165) is 18.6 Å². The molecule has 2 nitrogen and oxygen atoms in total. The minimum absolute atomic E-state index is 0.549. The van der Waals surface area contributed by atoms with E-state index >= 15 is 0 Å². The van der Waals surface area contributed by atoms with Gasteiger partial charge in [-0.15, -0.1) is 0 Å². The Morgan fingerprint density at radius 1 is 1.13 bits per heavy atom. The van der Waals surface area contributed by atoms with E-state index in [-0.39, 0.29) is 0 Å². The lowest BCUT2D eigenvalue weighted by atomic mass is 9.99. The summed E-state index contributed by atoms with van der Waals surface area (Å²) < 4.78 is 5.26. The van der Waals surface area contributed by atoms with E-state index in [1.165, 1.54) is 11.1 Å². The number of rotatable bonds is 1. The van der Waals surface area contributed by atoms with E-state index in [2.05, 4.69) is 37.4 Å². The van der Waals surface area contributed by atoms with Crippen molar-refractivity contribution in [1.82, 2.24) is 5.32 Å². The summed E-state index contributed by atoms with van der Waals surface area (Å²) in [5, 5.41) is 3.59. The molecule has 0 radical (unpaired) electrons. The standard InChI is InChI=1S/C13H19NO/c1-9-6-11-4-5-13(15-3)8-12(11)7-10(2)14-9/h4-5,8-10,14H,6-7H2,1-3H3. The SMILES string of the molecule is COc1ccc2c(c1)CC(C)NC(C)C2. The van der Waals surface area contributed by atoms with Gasteiger partial charge < -0.3 is 10.1 Å². The van der Waals surface area contributed by atoms with Crippen LogP contribution in [0, 0.1) is 0 Å². The van der Waals surface area contributed by atoms with Crippen LogP contribution in [0.5, 0.6) is 5.75 Å². The zero-order valence-corrected chi connectivity index (χ0v) is 9.71. The summed E-state index contributed by atoms with van der Waals surface area (Å²) in [6.45, 7) is 4.49. The third kappa shape index (κ3) is 2.32. The Morgan fingerprint density at radius 2 is 1.80 bits per heavy atom. The van der Waals surface area contributed by atoms with Crippen molar-refractivity contribution in [3.8, 4) is 5.75 Å². The highest BCUT2D eigenvalue weighted by atomic mass is 16.5. The van der Waals surface area contributed by atoms with Crippen molar-refractivity contribution in [2.24, 2.45) is 0 Å². The maximum atomic E-state index is 5.26. The number of fused-ring (bicyclic) bond motifs is 1. The van der Waals surface area contributed by atoms with Crippen molar-refractivity contribution in [2.75, 3.05) is 7.11 Å². The second-order valence-corrected chi connectivity index (χ2v) is 4.51. The molecule has 0 bridgehead atoms. The van der Waals surface area contributed by atoms with Crippen LogP contribution in [-0.4, -0.2) is 19.2 Å². The van der Waals surface area contributed by atoms with Gasteiger partial charge in [0.15, 0.2) is 0 Å². The van der Waals surface area contributed by atoms with Gasteiger partial charge in [-0.2, -0.15) is 0 Å². The molecule has 1 heterocycles. The number of ether oxygens (including phenoxy) is 1. The minimum Gasteiger partial charge on any atom is -0.497 e. The zero-order valence-electron chi connectivity index (χ0n) is 9.71. The molecule has 2 heteroatoms. The van der Waals surface area contributed by atoms with Crippen molar-refractivity contribution in [1.29, 1.82) is 0 Å². The van der Waals surface area contributed by atoms with Gasteiger partial charge in [-0.1, -0.05) is 6.07 Å². The number of hydrogen-bond acceptors (Lipinski definition) is 2. The number of benzene rings is 1. The van der Waals surface area contributed by atoms with Crippen LogP contribution < -0.4 is 10.1 Å². The quantitative estimate of drug-likeness (QED) is 0.758. The summed E-state index contributed by atoms with van der Waals surface area (Å²) in [6.07, 6.45) is 2.21. The topological polar surface area (TPSA) is 21.3 Å². The van der Waals surface area contributed by atoms with E-state index < -0.39 is 0 Å². The van der Waals surface area contributed by atoms with Gasteiger partial charge in [0.25, 0.3) is 0 Å². The lowest BCUT2D eigenvalue weighted by molar-refractivity contribution is 0.414. The molecule has 1 aromatic carbocycles. The third-order valence-corrected chi connectivity index (χ3v) is 3.03. The van der Waals surface area contributed by atoms with Gasteiger partial charge in [0.2, 0.25) is 0 Å². The predicted octanol–water partition coefficient (Wildman–Crippen LogP) is 2.16. The van der Waals surface area contributed by atoms with E-state index in [9.17, 15) is 0 Å². The molecule has 0 aromatic heterocycles. The zero-order chi connectivity index (χ0) is 10.8. The normalized spacial score (nSPS) is 25.5. The van der Waals surface area contributed by atoms with Crippen molar-refractivity contribution in [3.63, 3.8) is 0 Å². The summed E-state index contributed by atoms with van der Waals surface area (Å²) in [7, 11) is 1.72. The second-order valence-electron chi connectivity index (χ2n) is 4.51. The number of nitrogens with one attached hydrogen (secondary N) is 1. The fourth-order valence-corrected chi connectivity index (χ4v) is 2.38. The molecule has 2 atom stereocenters. The monoisotopic (exact) mass is 205 g/mol. The van der Waals surface area contributed by atoms with Crippen LogP contribution in [0.25, 0.3) is 0 Å². The van der Waals surface area contributed by atoms with Gasteiger partial charge in [-0.05, 0) is 49.9 Å². The molecule has 1 aliphatic heterocycles. The van der Waals surface area contributed by atoms with Crippen LogP contribution in [0.1, 0.15) is 25.0 Å². The van der Waals surface area contributed by atoms with Crippen molar-refractivity contribution < 1.29 is 4.74 Å². The first-order chi connectivity index (χ1) is 7.19. The Labute approximate surface area is 91.6 Å². The molecule has 1 aromatic rings. The van der Waals surface area contributed by atoms with Gasteiger partial charge in [0.1, 0.15) is 5.75 Å². The molecule has 0 saturated heterocycles. The van der Waals surface area contributed by atoms with Crippen LogP contribution in [0.4, 0.5) is 0 Å². The fourth-order valence-electron chi connectivity index (χ4n) is 2.38. The van der Waals surface area contributed by atoms with E-state index in [0.29, 0.717) is 12.1 Å². The van der Waals surface area contributed by atoms with Crippen LogP contribution in [0.3, 0.4) is 0 Å². The molecular formula is C13H19NO. The molecule has 1 aliphatic rings. The molecule has 2 unspecified atom stereocenters. The van der Waals surface area contributed by atoms with E-state index in [4.69, 9.17) is 4.74 Å². The molecule has 82 valence electrons. The van der Waals surface area contributed by atoms with Crippen molar-refractivity contribution in [2.45, 2.75) is 38.8 Å². The van der Waals surface area contributed by atoms with Gasteiger partial charge in [-0.25, -0.2) is 0 Å². The highest BCUT2D eigenvalue weighted by Gasteiger charge is 2.17. The summed E-state index contributed by atoms with van der Waals surface area (Å²) in [4.78, 5) is 0. The molecule has 15 heavy (non-hydrogen) atoms. The third-order valence-electron chi connectivity index (χ3n) is 3.03. The lowest BCUT2D eigenvalue weighted by Crippen LogP contribution is -2.34. The molecule has 0 fully saturated rings. The first-order valence-electron chi connectivity index (χ1n) is 5.61. The molecule has 0 saturated carbocycles. The highest BCUT2D eigenvalue weighted by molar-refractivity contribution is 5.37. The molecule has 0 spiro atoms. The van der Waals surface area contributed by atoms with Gasteiger partial charge in [0, 0.05) is 12.1 Å². The second kappa shape index (κ2) is 4.23. The van der Waals surface area contributed by atoms with Crippen molar-refractivity contribution in [3.05, 3.63) is 29.3 Å². The summed E-state index contributed by atoms with van der Waals surface area (Å²) in [6, 6.07) is 7.54. The Morgan fingerprint density at radius 3 is 2.47 bits per heavy atom. The summed E-state index contributed by atoms with van der Waals surface area (Å²) in [5.41, 5.74) is 2.89. The van der Waals surface area contributed by atoms with Crippen LogP contribution in [0.2, 0.25) is 0 Å². The molecule has 1 N–H and O–H groups in total. The Hall–Kier alpha value is -1.02. The molecule has 2 rings (SSSR count). The Kier molecular flexibility index (Phi) is 2.96. The maximum Gasteiger partial charge on any atom is 0.119 e. The average molecular weight is 205 g/mol. The van der Waals surface area contributed by atoms with Gasteiger partial charge >= 0.3 is 0 Å². The predicted molar refractivity (Wildman–Crippen MR) is 62.5 cm³/mol. The lowest BCUT2D eigenvalue weighted by Gasteiger charge is -2.14. The first-order valence-corrected chi connectivity index (χ1v) is 5.61. The summed E-state index contributed by atoms with van der Waals surface area (Å²) in [5.74, 6) is 0.968. The van der Waals surface area contributed by atoms with Crippen LogP contribution in [-0.2, 0) is 12.8 Å². The van der Waals surface area contributed by atoms with Gasteiger partial charge in [0.05, 0.1) is 7.11 Å². The molecular weight excluding hydrogens is 186 g/mol. The maximum absolute atomic E-state index is 5.26. The van der Waals surface area contributed by atoms with Crippen LogP contribution in [0.15, 0.2) is 18.2 Å². The number of methoxy groups -OCH3 is 1. The molecule has 0 aliphatic carbocycles. The average Bonchev–Trinajstić information content (AvgIpc) is 2.33. The van der Waals surface area contributed by atoms with E-state index in [1.807, 2.05) is 0 Å². The Balaban J connectivity index is 2.33. The fraction of sp³-hybridized carbons (Fsp3) is 0.538. The molecule has 0 amide bonds. The minimum atomic E-state index is 0.549.